The van der Waals surface area contributed by atoms with E-state index in [-0.39, 0.29) is 11.6 Å². The maximum absolute atomic E-state index is 14.1. The molecule has 0 saturated carbocycles. The van der Waals surface area contributed by atoms with E-state index in [2.05, 4.69) is 22.5 Å². The van der Waals surface area contributed by atoms with E-state index in [1.165, 1.54) is 30.7 Å². The summed E-state index contributed by atoms with van der Waals surface area (Å²) < 4.78 is 14.1. The van der Waals surface area contributed by atoms with E-state index in [9.17, 15) is 14.0 Å². The Morgan fingerprint density at radius 2 is 2.00 bits per heavy atom. The summed E-state index contributed by atoms with van der Waals surface area (Å²) in [5, 5.41) is 5.33. The molecule has 1 unspecified atom stereocenters. The van der Waals surface area contributed by atoms with Crippen LogP contribution in [0.2, 0.25) is 0 Å². The Morgan fingerprint density at radius 1 is 1.17 bits per heavy atom. The first-order chi connectivity index (χ1) is 14.4. The molecule has 1 atom stereocenters. The van der Waals surface area contributed by atoms with E-state index in [1.54, 1.807) is 6.08 Å². The number of piperidine rings is 1. The summed E-state index contributed by atoms with van der Waals surface area (Å²) in [6, 6.07) is 12.3. The summed E-state index contributed by atoms with van der Waals surface area (Å²) >= 11 is 0. The van der Waals surface area contributed by atoms with Gasteiger partial charge in [0.1, 0.15) is 5.82 Å². The molecule has 1 saturated heterocycles. The molecule has 30 heavy (non-hydrogen) atoms. The van der Waals surface area contributed by atoms with Gasteiger partial charge in [0.2, 0.25) is 11.8 Å². The Morgan fingerprint density at radius 3 is 2.77 bits per heavy atom. The van der Waals surface area contributed by atoms with Gasteiger partial charge in [-0.25, -0.2) is 4.39 Å². The molecule has 5 nitrogen and oxygen atoms in total. The topological polar surface area (TPSA) is 61.4 Å². The zero-order valence-electron chi connectivity index (χ0n) is 17.5. The average Bonchev–Trinajstić information content (AvgIpc) is 2.71. The van der Waals surface area contributed by atoms with Crippen LogP contribution in [0.5, 0.6) is 0 Å². The van der Waals surface area contributed by atoms with Gasteiger partial charge in [-0.1, -0.05) is 36.2 Å². The molecule has 0 radical (unpaired) electrons. The number of nitrogens with one attached hydrogen (secondary N) is 2. The number of aryl methyl sites for hydroxylation is 1. The van der Waals surface area contributed by atoms with Crippen molar-refractivity contribution in [3.8, 4) is 0 Å². The number of hydrogen-bond donors (Lipinski definition) is 2. The lowest BCUT2D eigenvalue weighted by molar-refractivity contribution is -0.118. The highest BCUT2D eigenvalue weighted by Gasteiger charge is 2.20. The molecule has 2 aromatic carbocycles. The summed E-state index contributed by atoms with van der Waals surface area (Å²) in [4.78, 5) is 26.7. The lowest BCUT2D eigenvalue weighted by atomic mass is 10.0. The maximum Gasteiger partial charge on any atom is 0.248 e. The zero-order chi connectivity index (χ0) is 21.5. The summed E-state index contributed by atoms with van der Waals surface area (Å²) in [5.74, 6) is -1.15. The molecule has 2 aromatic rings. The van der Waals surface area contributed by atoms with E-state index in [4.69, 9.17) is 0 Å². The highest BCUT2D eigenvalue weighted by atomic mass is 19.1. The van der Waals surface area contributed by atoms with Gasteiger partial charge >= 0.3 is 0 Å². The molecule has 6 heteroatoms. The highest BCUT2D eigenvalue weighted by molar-refractivity contribution is 6.02. The van der Waals surface area contributed by atoms with Crippen LogP contribution in [-0.2, 0) is 9.59 Å². The molecular formula is C24H28FN3O2. The Balaban J connectivity index is 1.60. The van der Waals surface area contributed by atoms with E-state index in [0.29, 0.717) is 18.3 Å². The number of amides is 2. The van der Waals surface area contributed by atoms with Crippen molar-refractivity contribution >= 4 is 29.3 Å². The van der Waals surface area contributed by atoms with Gasteiger partial charge in [0.15, 0.2) is 0 Å². The van der Waals surface area contributed by atoms with Crippen LogP contribution in [0, 0.1) is 12.7 Å². The second kappa shape index (κ2) is 10.2. The number of hydrogen-bond acceptors (Lipinski definition) is 3. The van der Waals surface area contributed by atoms with Gasteiger partial charge in [-0.3, -0.25) is 14.5 Å². The monoisotopic (exact) mass is 409 g/mol. The van der Waals surface area contributed by atoms with Crippen LogP contribution in [-0.4, -0.2) is 35.8 Å². The molecule has 2 amide bonds. The summed E-state index contributed by atoms with van der Waals surface area (Å²) in [7, 11) is 0. The predicted octanol–water partition coefficient (Wildman–Crippen LogP) is 4.60. The SMILES string of the molecule is Cc1cccc(/C=C/C(=O)Nc2cc(NC(=O)CN3CCCCC3C)ccc2F)c1. The lowest BCUT2D eigenvalue weighted by Gasteiger charge is -2.32. The van der Waals surface area contributed by atoms with Crippen molar-refractivity contribution in [3.05, 3.63) is 65.5 Å². The predicted molar refractivity (Wildman–Crippen MR) is 119 cm³/mol. The van der Waals surface area contributed by atoms with Crippen molar-refractivity contribution in [2.75, 3.05) is 23.7 Å². The maximum atomic E-state index is 14.1. The van der Waals surface area contributed by atoms with Crippen LogP contribution in [0.15, 0.2) is 48.5 Å². The van der Waals surface area contributed by atoms with Crippen molar-refractivity contribution < 1.29 is 14.0 Å². The highest BCUT2D eigenvalue weighted by Crippen LogP contribution is 2.21. The molecule has 2 N–H and O–H groups in total. The minimum atomic E-state index is -0.560. The zero-order valence-corrected chi connectivity index (χ0v) is 17.5. The van der Waals surface area contributed by atoms with E-state index in [1.807, 2.05) is 31.2 Å². The Hall–Kier alpha value is -2.99. The molecule has 0 aromatic heterocycles. The summed E-state index contributed by atoms with van der Waals surface area (Å²) in [6.07, 6.45) is 6.41. The lowest BCUT2D eigenvalue weighted by Crippen LogP contribution is -2.42. The molecule has 3 rings (SSSR count). The first-order valence-corrected chi connectivity index (χ1v) is 10.3. The molecule has 0 aliphatic carbocycles. The first-order valence-electron chi connectivity index (χ1n) is 10.3. The Labute approximate surface area is 177 Å². The smallest absolute Gasteiger partial charge is 0.248 e. The van der Waals surface area contributed by atoms with Gasteiger partial charge in [-0.2, -0.15) is 0 Å². The van der Waals surface area contributed by atoms with Crippen molar-refractivity contribution in [2.45, 2.75) is 39.2 Å². The van der Waals surface area contributed by atoms with Gasteiger partial charge < -0.3 is 10.6 Å². The Kier molecular flexibility index (Phi) is 7.36. The third-order valence-electron chi connectivity index (χ3n) is 5.26. The van der Waals surface area contributed by atoms with Crippen LogP contribution in [0.1, 0.15) is 37.3 Å². The molecule has 0 bridgehead atoms. The second-order valence-corrected chi connectivity index (χ2v) is 7.79. The van der Waals surface area contributed by atoms with Gasteiger partial charge in [0.05, 0.1) is 12.2 Å². The molecule has 1 aliphatic heterocycles. The van der Waals surface area contributed by atoms with Crippen LogP contribution in [0.4, 0.5) is 15.8 Å². The van der Waals surface area contributed by atoms with Crippen LogP contribution in [0.25, 0.3) is 6.08 Å². The van der Waals surface area contributed by atoms with Gasteiger partial charge in [-0.15, -0.1) is 0 Å². The van der Waals surface area contributed by atoms with Crippen molar-refractivity contribution in [2.24, 2.45) is 0 Å². The minimum Gasteiger partial charge on any atom is -0.325 e. The first kappa shape index (κ1) is 21.7. The number of likely N-dealkylation sites (tertiary alicyclic amines) is 1. The van der Waals surface area contributed by atoms with E-state index < -0.39 is 11.7 Å². The number of carbonyl (C=O) groups excluding carboxylic acids is 2. The fourth-order valence-electron chi connectivity index (χ4n) is 3.60. The summed E-state index contributed by atoms with van der Waals surface area (Å²) in [5.41, 5.74) is 2.45. The van der Waals surface area contributed by atoms with E-state index in [0.717, 1.165) is 30.5 Å². The van der Waals surface area contributed by atoms with Crippen molar-refractivity contribution in [1.82, 2.24) is 4.90 Å². The van der Waals surface area contributed by atoms with Gasteiger partial charge in [0.25, 0.3) is 0 Å². The number of carbonyl (C=O) groups is 2. The third-order valence-corrected chi connectivity index (χ3v) is 5.26. The second-order valence-electron chi connectivity index (χ2n) is 7.79. The van der Waals surface area contributed by atoms with Gasteiger partial charge in [0, 0.05) is 17.8 Å². The molecule has 1 aliphatic rings. The molecule has 158 valence electrons. The minimum absolute atomic E-state index is 0.0260. The molecule has 1 fully saturated rings. The van der Waals surface area contributed by atoms with Gasteiger partial charge in [-0.05, 0) is 63.1 Å². The molecular weight excluding hydrogens is 381 g/mol. The standard InChI is InChI=1S/C24H28FN3O2/c1-17-6-5-8-19(14-17)9-12-23(29)27-22-15-20(10-11-21(22)25)26-24(30)16-28-13-4-3-7-18(28)2/h5-6,8-12,14-15,18H,3-4,7,13,16H2,1-2H3,(H,26,30)(H,27,29)/b12-9+. The fourth-order valence-corrected chi connectivity index (χ4v) is 3.60. The number of halogens is 1. The van der Waals surface area contributed by atoms with Crippen molar-refractivity contribution in [1.29, 1.82) is 0 Å². The largest absolute Gasteiger partial charge is 0.325 e. The molecule has 0 spiro atoms. The summed E-state index contributed by atoms with van der Waals surface area (Å²) in [6.45, 7) is 5.31. The van der Waals surface area contributed by atoms with E-state index >= 15 is 0 Å². The normalized spacial score (nSPS) is 17.1. The molecule has 1 heterocycles. The van der Waals surface area contributed by atoms with Crippen LogP contribution < -0.4 is 10.6 Å². The number of anilines is 2. The fraction of sp³-hybridized carbons (Fsp3) is 0.333. The number of rotatable bonds is 6. The van der Waals surface area contributed by atoms with Crippen molar-refractivity contribution in [3.63, 3.8) is 0 Å². The van der Waals surface area contributed by atoms with Crippen LogP contribution >= 0.6 is 0 Å². The number of nitrogens with zero attached hydrogens (tertiary/aromatic N) is 1. The van der Waals surface area contributed by atoms with Crippen LogP contribution in [0.3, 0.4) is 0 Å². The Bertz CT molecular complexity index is 942. The third kappa shape index (κ3) is 6.26. The average molecular weight is 410 g/mol. The quantitative estimate of drug-likeness (QED) is 0.686. The number of benzene rings is 2.